The number of benzene rings is 1. The summed E-state index contributed by atoms with van der Waals surface area (Å²) in [5.74, 6) is -0.870. The van der Waals surface area contributed by atoms with Crippen LogP contribution >= 0.6 is 0 Å². The van der Waals surface area contributed by atoms with E-state index in [1.807, 2.05) is 20.2 Å². The van der Waals surface area contributed by atoms with Crippen LogP contribution in [0.15, 0.2) is 24.4 Å². The summed E-state index contributed by atoms with van der Waals surface area (Å²) in [5.41, 5.74) is 2.05. The molecular formula is C14H17F2N3. The maximum absolute atomic E-state index is 13.9. The molecule has 0 aliphatic heterocycles. The van der Waals surface area contributed by atoms with Crippen LogP contribution in [0.2, 0.25) is 0 Å². The molecule has 0 bridgehead atoms. The Morgan fingerprint density at radius 3 is 2.68 bits per heavy atom. The van der Waals surface area contributed by atoms with Crippen molar-refractivity contribution in [1.29, 1.82) is 0 Å². The minimum Gasteiger partial charge on any atom is -0.309 e. The van der Waals surface area contributed by atoms with Gasteiger partial charge in [-0.1, -0.05) is 6.92 Å². The number of halogens is 2. The van der Waals surface area contributed by atoms with Gasteiger partial charge in [0.1, 0.15) is 11.6 Å². The van der Waals surface area contributed by atoms with Crippen molar-refractivity contribution < 1.29 is 8.78 Å². The smallest absolute Gasteiger partial charge is 0.128 e. The highest BCUT2D eigenvalue weighted by molar-refractivity contribution is 5.34. The summed E-state index contributed by atoms with van der Waals surface area (Å²) in [7, 11) is 3.54. The molecule has 1 heterocycles. The second-order valence-electron chi connectivity index (χ2n) is 4.45. The third kappa shape index (κ3) is 2.66. The van der Waals surface area contributed by atoms with Gasteiger partial charge in [-0.25, -0.2) is 8.78 Å². The van der Waals surface area contributed by atoms with Gasteiger partial charge in [-0.3, -0.25) is 4.68 Å². The number of aromatic nitrogens is 2. The van der Waals surface area contributed by atoms with Crippen molar-refractivity contribution in [3.05, 3.63) is 52.9 Å². The highest BCUT2D eigenvalue weighted by Crippen LogP contribution is 2.27. The Hall–Kier alpha value is -1.75. The summed E-state index contributed by atoms with van der Waals surface area (Å²) in [4.78, 5) is 0. The molecular weight excluding hydrogens is 248 g/mol. The first-order valence-corrected chi connectivity index (χ1v) is 6.21. The minimum atomic E-state index is -0.446. The summed E-state index contributed by atoms with van der Waals surface area (Å²) >= 11 is 0. The van der Waals surface area contributed by atoms with Crippen LogP contribution in [-0.2, 0) is 13.5 Å². The molecule has 1 N–H and O–H groups in total. The SMILES string of the molecule is CCc1nn(C)cc1C(NC)c1cc(F)ccc1F. The van der Waals surface area contributed by atoms with Crippen molar-refractivity contribution in [3.8, 4) is 0 Å². The molecule has 1 aromatic heterocycles. The van der Waals surface area contributed by atoms with Crippen LogP contribution in [0.25, 0.3) is 0 Å². The third-order valence-corrected chi connectivity index (χ3v) is 3.14. The van der Waals surface area contributed by atoms with E-state index in [1.54, 1.807) is 11.7 Å². The number of nitrogens with zero attached hydrogens (tertiary/aromatic N) is 2. The molecule has 1 unspecified atom stereocenters. The first kappa shape index (κ1) is 13.7. The van der Waals surface area contributed by atoms with Gasteiger partial charge >= 0.3 is 0 Å². The summed E-state index contributed by atoms with van der Waals surface area (Å²) in [6.45, 7) is 1.99. The Kier molecular flexibility index (Phi) is 3.95. The molecule has 0 aliphatic rings. The monoisotopic (exact) mass is 265 g/mol. The van der Waals surface area contributed by atoms with Gasteiger partial charge in [-0.05, 0) is 31.7 Å². The van der Waals surface area contributed by atoms with E-state index in [4.69, 9.17) is 0 Å². The Morgan fingerprint density at radius 1 is 1.32 bits per heavy atom. The average molecular weight is 265 g/mol. The van der Waals surface area contributed by atoms with Gasteiger partial charge in [0.15, 0.2) is 0 Å². The standard InChI is InChI=1S/C14H17F2N3/c1-4-13-11(8-19(3)18-13)14(17-2)10-7-9(15)5-6-12(10)16/h5-8,14,17H,4H2,1-3H3. The van der Waals surface area contributed by atoms with Crippen molar-refractivity contribution in [2.45, 2.75) is 19.4 Å². The van der Waals surface area contributed by atoms with Gasteiger partial charge in [0, 0.05) is 24.4 Å². The van der Waals surface area contributed by atoms with E-state index in [1.165, 1.54) is 6.07 Å². The Labute approximate surface area is 111 Å². The maximum atomic E-state index is 13.9. The van der Waals surface area contributed by atoms with Gasteiger partial charge < -0.3 is 5.32 Å². The molecule has 1 atom stereocenters. The van der Waals surface area contributed by atoms with Crippen LogP contribution in [0.1, 0.15) is 29.8 Å². The number of aryl methyl sites for hydroxylation is 2. The van der Waals surface area contributed by atoms with Crippen LogP contribution in [0.5, 0.6) is 0 Å². The molecule has 0 amide bonds. The van der Waals surface area contributed by atoms with Gasteiger partial charge in [0.25, 0.3) is 0 Å². The molecule has 0 saturated heterocycles. The molecule has 2 rings (SSSR count). The molecule has 1 aromatic carbocycles. The lowest BCUT2D eigenvalue weighted by molar-refractivity contribution is 0.557. The normalized spacial score (nSPS) is 12.7. The Balaban J connectivity index is 2.52. The van der Waals surface area contributed by atoms with E-state index >= 15 is 0 Å². The van der Waals surface area contributed by atoms with Crippen molar-refractivity contribution in [2.75, 3.05) is 7.05 Å². The maximum Gasteiger partial charge on any atom is 0.128 e. The fourth-order valence-electron chi connectivity index (χ4n) is 2.28. The Bertz CT molecular complexity index is 578. The molecule has 5 heteroatoms. The zero-order valence-electron chi connectivity index (χ0n) is 11.2. The van der Waals surface area contributed by atoms with Gasteiger partial charge in [-0.2, -0.15) is 5.10 Å². The lowest BCUT2D eigenvalue weighted by Gasteiger charge is -2.17. The topological polar surface area (TPSA) is 29.9 Å². The molecule has 3 nitrogen and oxygen atoms in total. The summed E-state index contributed by atoms with van der Waals surface area (Å²) in [6, 6.07) is 3.09. The summed E-state index contributed by atoms with van der Waals surface area (Å²) in [6.07, 6.45) is 2.58. The predicted molar refractivity (Wildman–Crippen MR) is 69.8 cm³/mol. The number of hydrogen-bond acceptors (Lipinski definition) is 2. The van der Waals surface area contributed by atoms with Crippen molar-refractivity contribution in [2.24, 2.45) is 7.05 Å². The van der Waals surface area contributed by atoms with Crippen molar-refractivity contribution in [1.82, 2.24) is 15.1 Å². The predicted octanol–water partition coefficient (Wildman–Crippen LogP) is 2.57. The van der Waals surface area contributed by atoms with E-state index in [9.17, 15) is 8.78 Å². The molecule has 102 valence electrons. The van der Waals surface area contributed by atoms with E-state index in [0.717, 1.165) is 29.8 Å². The van der Waals surface area contributed by atoms with E-state index in [-0.39, 0.29) is 0 Å². The summed E-state index contributed by atoms with van der Waals surface area (Å²) < 4.78 is 28.9. The zero-order valence-corrected chi connectivity index (χ0v) is 11.2. The minimum absolute atomic E-state index is 0.296. The molecule has 0 saturated carbocycles. The summed E-state index contributed by atoms with van der Waals surface area (Å²) in [5, 5.41) is 7.37. The van der Waals surface area contributed by atoms with Crippen molar-refractivity contribution in [3.63, 3.8) is 0 Å². The molecule has 19 heavy (non-hydrogen) atoms. The molecule has 0 spiro atoms. The second kappa shape index (κ2) is 5.48. The highest BCUT2D eigenvalue weighted by Gasteiger charge is 2.21. The second-order valence-corrected chi connectivity index (χ2v) is 4.45. The molecule has 0 fully saturated rings. The molecule has 0 aliphatic carbocycles. The van der Waals surface area contributed by atoms with Crippen molar-refractivity contribution >= 4 is 0 Å². The zero-order chi connectivity index (χ0) is 14.0. The van der Waals surface area contributed by atoms with Gasteiger partial charge in [0.2, 0.25) is 0 Å². The van der Waals surface area contributed by atoms with Crippen LogP contribution in [0.4, 0.5) is 8.78 Å². The average Bonchev–Trinajstić information content (AvgIpc) is 2.76. The van der Waals surface area contributed by atoms with Crippen LogP contribution < -0.4 is 5.32 Å². The van der Waals surface area contributed by atoms with E-state index in [2.05, 4.69) is 10.4 Å². The third-order valence-electron chi connectivity index (χ3n) is 3.14. The quantitative estimate of drug-likeness (QED) is 0.920. The number of hydrogen-bond donors (Lipinski definition) is 1. The van der Waals surface area contributed by atoms with Crippen LogP contribution in [0, 0.1) is 11.6 Å². The fraction of sp³-hybridized carbons (Fsp3) is 0.357. The first-order valence-electron chi connectivity index (χ1n) is 6.21. The fourth-order valence-corrected chi connectivity index (χ4v) is 2.28. The lowest BCUT2D eigenvalue weighted by atomic mass is 9.98. The van der Waals surface area contributed by atoms with Gasteiger partial charge in [-0.15, -0.1) is 0 Å². The largest absolute Gasteiger partial charge is 0.309 e. The van der Waals surface area contributed by atoms with Crippen LogP contribution in [0.3, 0.4) is 0 Å². The molecule has 0 radical (unpaired) electrons. The van der Waals surface area contributed by atoms with E-state index < -0.39 is 17.7 Å². The molecule has 2 aromatic rings. The highest BCUT2D eigenvalue weighted by atomic mass is 19.1. The lowest BCUT2D eigenvalue weighted by Crippen LogP contribution is -2.20. The Morgan fingerprint density at radius 2 is 2.05 bits per heavy atom. The van der Waals surface area contributed by atoms with Gasteiger partial charge in [0.05, 0.1) is 11.7 Å². The number of rotatable bonds is 4. The van der Waals surface area contributed by atoms with E-state index in [0.29, 0.717) is 5.56 Å². The van der Waals surface area contributed by atoms with Crippen LogP contribution in [-0.4, -0.2) is 16.8 Å². The first-order chi connectivity index (χ1) is 9.06. The number of nitrogens with one attached hydrogen (secondary N) is 1.